The first kappa shape index (κ1) is 20.0. The third kappa shape index (κ3) is 3.69. The quantitative estimate of drug-likeness (QED) is 0.728. The summed E-state index contributed by atoms with van der Waals surface area (Å²) in [6.45, 7) is 1.43. The van der Waals surface area contributed by atoms with Gasteiger partial charge in [-0.15, -0.1) is 0 Å². The molecule has 0 radical (unpaired) electrons. The van der Waals surface area contributed by atoms with Gasteiger partial charge in [0.1, 0.15) is 6.10 Å². The van der Waals surface area contributed by atoms with Crippen LogP contribution < -0.4 is 0 Å². The van der Waals surface area contributed by atoms with Gasteiger partial charge in [-0.2, -0.15) is 0 Å². The monoisotopic (exact) mass is 399 g/mol. The molecule has 7 heteroatoms. The zero-order valence-electron chi connectivity index (χ0n) is 17.3. The molecule has 1 saturated carbocycles. The summed E-state index contributed by atoms with van der Waals surface area (Å²) in [4.78, 5) is 34.9. The van der Waals surface area contributed by atoms with Gasteiger partial charge in [-0.3, -0.25) is 14.6 Å². The molecule has 0 bridgehead atoms. The largest absolute Gasteiger partial charge is 0.483 e. The van der Waals surface area contributed by atoms with Gasteiger partial charge in [0.05, 0.1) is 23.6 Å². The summed E-state index contributed by atoms with van der Waals surface area (Å²) < 4.78 is 11.7. The van der Waals surface area contributed by atoms with Crippen molar-refractivity contribution < 1.29 is 19.1 Å². The van der Waals surface area contributed by atoms with Crippen LogP contribution in [-0.2, 0) is 19.1 Å². The molecule has 0 N–H and O–H groups in total. The Morgan fingerprint density at radius 1 is 1.31 bits per heavy atom. The van der Waals surface area contributed by atoms with Crippen molar-refractivity contribution in [1.29, 1.82) is 0 Å². The predicted molar refractivity (Wildman–Crippen MR) is 107 cm³/mol. The molecule has 3 heterocycles. The Hall–Kier alpha value is -2.25. The molecule has 4 atom stereocenters. The van der Waals surface area contributed by atoms with Crippen LogP contribution in [0.15, 0.2) is 35.9 Å². The first-order valence-corrected chi connectivity index (χ1v) is 10.3. The molecular weight excluding hydrogens is 370 g/mol. The van der Waals surface area contributed by atoms with E-state index in [1.807, 2.05) is 26.2 Å². The minimum absolute atomic E-state index is 0.0584. The van der Waals surface area contributed by atoms with Crippen molar-refractivity contribution in [2.75, 3.05) is 34.3 Å². The average molecular weight is 399 g/mol. The summed E-state index contributed by atoms with van der Waals surface area (Å²) >= 11 is 0. The fraction of sp³-hybridized carbons (Fsp3) is 0.591. The number of methoxy groups -OCH3 is 1. The molecule has 7 nitrogen and oxygen atoms in total. The maximum atomic E-state index is 13.5. The Bertz CT molecular complexity index is 808. The Morgan fingerprint density at radius 3 is 2.83 bits per heavy atom. The van der Waals surface area contributed by atoms with Crippen LogP contribution in [0.1, 0.15) is 37.3 Å². The van der Waals surface area contributed by atoms with E-state index in [2.05, 4.69) is 9.88 Å². The highest BCUT2D eigenvalue weighted by Gasteiger charge is 2.52. The summed E-state index contributed by atoms with van der Waals surface area (Å²) in [5, 5.41) is 0. The van der Waals surface area contributed by atoms with Crippen LogP contribution in [-0.4, -0.2) is 73.0 Å². The van der Waals surface area contributed by atoms with E-state index in [1.165, 1.54) is 0 Å². The number of carbonyl (C=O) groups is 2. The number of fused-ring (bicyclic) bond motifs is 1. The Kier molecular flexibility index (Phi) is 5.69. The van der Waals surface area contributed by atoms with Gasteiger partial charge in [-0.1, -0.05) is 6.07 Å². The Morgan fingerprint density at radius 2 is 2.14 bits per heavy atom. The van der Waals surface area contributed by atoms with Crippen LogP contribution in [0.25, 0.3) is 0 Å². The predicted octanol–water partition coefficient (Wildman–Crippen LogP) is 1.95. The lowest BCUT2D eigenvalue weighted by molar-refractivity contribution is -0.138. The van der Waals surface area contributed by atoms with Crippen molar-refractivity contribution in [3.05, 3.63) is 41.4 Å². The maximum Gasteiger partial charge on any atom is 0.290 e. The second kappa shape index (κ2) is 8.24. The molecule has 0 spiro atoms. The SMILES string of the molecule is COC1CCC2C(=O)C3=C(OC2C1)C(=O)N(CCCN(C)C)C3c1cccnc1. The standard InChI is InChI=1S/C22H29N3O4/c1-24(2)10-5-11-25-19(14-6-4-9-23-13-14)18-20(26)16-8-7-15(28-3)12-17(16)29-21(18)22(25)27/h4,6,9,13,15-17,19H,5,7-8,10-12H2,1-3H3. The van der Waals surface area contributed by atoms with Crippen molar-refractivity contribution in [2.45, 2.75) is 43.9 Å². The van der Waals surface area contributed by atoms with Gasteiger partial charge in [0.25, 0.3) is 5.91 Å². The normalized spacial score (nSPS) is 29.2. The summed E-state index contributed by atoms with van der Waals surface area (Å²) in [7, 11) is 5.71. The number of ketones is 1. The minimum atomic E-state index is -0.415. The summed E-state index contributed by atoms with van der Waals surface area (Å²) in [5.74, 6) is -0.0809. The second-order valence-electron chi connectivity index (χ2n) is 8.38. The number of hydrogen-bond acceptors (Lipinski definition) is 6. The summed E-state index contributed by atoms with van der Waals surface area (Å²) in [6.07, 6.45) is 6.29. The molecule has 2 aliphatic heterocycles. The highest BCUT2D eigenvalue weighted by molar-refractivity contribution is 6.11. The molecule has 1 aliphatic carbocycles. The van der Waals surface area contributed by atoms with Crippen molar-refractivity contribution in [2.24, 2.45) is 5.92 Å². The Balaban J connectivity index is 1.67. The number of aromatic nitrogens is 1. The topological polar surface area (TPSA) is 72.0 Å². The number of amides is 1. The van der Waals surface area contributed by atoms with Gasteiger partial charge in [-0.05, 0) is 51.5 Å². The maximum absolute atomic E-state index is 13.5. The first-order chi connectivity index (χ1) is 14.0. The molecule has 156 valence electrons. The molecule has 1 amide bonds. The van der Waals surface area contributed by atoms with E-state index in [0.29, 0.717) is 18.5 Å². The molecule has 4 rings (SSSR count). The Labute approximate surface area is 171 Å². The van der Waals surface area contributed by atoms with Crippen LogP contribution in [0, 0.1) is 5.92 Å². The number of nitrogens with zero attached hydrogens (tertiary/aromatic N) is 3. The average Bonchev–Trinajstić information content (AvgIpc) is 3.00. The van der Waals surface area contributed by atoms with Crippen molar-refractivity contribution in [1.82, 2.24) is 14.8 Å². The minimum Gasteiger partial charge on any atom is -0.483 e. The molecule has 0 aromatic carbocycles. The van der Waals surface area contributed by atoms with E-state index >= 15 is 0 Å². The van der Waals surface area contributed by atoms with E-state index in [0.717, 1.165) is 31.4 Å². The van der Waals surface area contributed by atoms with Crippen molar-refractivity contribution in [3.63, 3.8) is 0 Å². The summed E-state index contributed by atoms with van der Waals surface area (Å²) in [6, 6.07) is 3.36. The number of Topliss-reactive ketones (excluding diaryl/α,β-unsaturated/α-hetero) is 1. The van der Waals surface area contributed by atoms with Crippen LogP contribution in [0.2, 0.25) is 0 Å². The van der Waals surface area contributed by atoms with Gasteiger partial charge < -0.3 is 19.3 Å². The van der Waals surface area contributed by atoms with Gasteiger partial charge in [-0.25, -0.2) is 0 Å². The van der Waals surface area contributed by atoms with E-state index in [1.54, 1.807) is 24.4 Å². The molecule has 4 unspecified atom stereocenters. The van der Waals surface area contributed by atoms with Gasteiger partial charge in [0.2, 0.25) is 0 Å². The zero-order chi connectivity index (χ0) is 20.5. The lowest BCUT2D eigenvalue weighted by atomic mass is 9.77. The van der Waals surface area contributed by atoms with Crippen LogP contribution in [0.5, 0.6) is 0 Å². The third-order valence-corrected chi connectivity index (χ3v) is 6.24. The number of rotatable bonds is 6. The molecule has 1 aromatic rings. The highest BCUT2D eigenvalue weighted by Crippen LogP contribution is 2.46. The highest BCUT2D eigenvalue weighted by atomic mass is 16.5. The van der Waals surface area contributed by atoms with Crippen LogP contribution in [0.3, 0.4) is 0 Å². The van der Waals surface area contributed by atoms with Crippen LogP contribution >= 0.6 is 0 Å². The van der Waals surface area contributed by atoms with E-state index in [-0.39, 0.29) is 35.6 Å². The summed E-state index contributed by atoms with van der Waals surface area (Å²) in [5.41, 5.74) is 1.38. The lowest BCUT2D eigenvalue weighted by Crippen LogP contribution is -2.43. The van der Waals surface area contributed by atoms with Gasteiger partial charge in [0.15, 0.2) is 11.5 Å². The first-order valence-electron chi connectivity index (χ1n) is 10.3. The fourth-order valence-corrected chi connectivity index (χ4v) is 4.76. The molecule has 1 aromatic heterocycles. The van der Waals surface area contributed by atoms with Crippen LogP contribution in [0.4, 0.5) is 0 Å². The molecule has 0 saturated heterocycles. The number of hydrogen-bond donors (Lipinski definition) is 0. The van der Waals surface area contributed by atoms with E-state index in [4.69, 9.17) is 9.47 Å². The van der Waals surface area contributed by atoms with Gasteiger partial charge in [0, 0.05) is 32.5 Å². The van der Waals surface area contributed by atoms with E-state index in [9.17, 15) is 9.59 Å². The number of ether oxygens (including phenoxy) is 2. The van der Waals surface area contributed by atoms with E-state index < -0.39 is 6.04 Å². The molecule has 3 aliphatic rings. The molecule has 1 fully saturated rings. The smallest absolute Gasteiger partial charge is 0.290 e. The van der Waals surface area contributed by atoms with Crippen molar-refractivity contribution >= 4 is 11.7 Å². The second-order valence-corrected chi connectivity index (χ2v) is 8.38. The lowest BCUT2D eigenvalue weighted by Gasteiger charge is -2.38. The number of carbonyl (C=O) groups excluding carboxylic acids is 2. The fourth-order valence-electron chi connectivity index (χ4n) is 4.76. The number of pyridine rings is 1. The molecular formula is C22H29N3O4. The van der Waals surface area contributed by atoms with Gasteiger partial charge >= 0.3 is 0 Å². The van der Waals surface area contributed by atoms with Crippen molar-refractivity contribution in [3.8, 4) is 0 Å². The molecule has 29 heavy (non-hydrogen) atoms. The third-order valence-electron chi connectivity index (χ3n) is 6.24. The zero-order valence-corrected chi connectivity index (χ0v) is 17.3.